The number of benzene rings is 1. The number of aromatic nitrogens is 1. The number of carbonyl (C=O) groups excluding carboxylic acids is 3. The molecule has 1 unspecified atom stereocenters. The highest BCUT2D eigenvalue weighted by molar-refractivity contribution is 5.94. The van der Waals surface area contributed by atoms with Crippen LogP contribution in [-0.2, 0) is 14.4 Å². The summed E-state index contributed by atoms with van der Waals surface area (Å²) in [7, 11) is 1.56. The van der Waals surface area contributed by atoms with Gasteiger partial charge in [0.25, 0.3) is 0 Å². The molecule has 0 aliphatic rings. The molecule has 0 aliphatic heterocycles. The predicted molar refractivity (Wildman–Crippen MR) is 129 cm³/mol. The van der Waals surface area contributed by atoms with Gasteiger partial charge in [0.05, 0.1) is 7.11 Å². The molecule has 1 heterocycles. The standard InChI is InChI=1S/C25H36N4O5/c1-16-15-19(28-34-16)26-20(30)13-14-21(31)29(25(5,6)7)22(23(32)27-24(2,3)4)17-9-11-18(33-8)12-10-17/h9-12,15,22H,13-14H2,1-8H3,(H,27,32)(H,26,28,30). The number of carbonyl (C=O) groups is 3. The number of nitrogens with zero attached hydrogens (tertiary/aromatic N) is 2. The topological polar surface area (TPSA) is 114 Å². The maximum absolute atomic E-state index is 13.5. The van der Waals surface area contributed by atoms with Gasteiger partial charge in [-0.05, 0) is 66.2 Å². The molecule has 0 aliphatic carbocycles. The molecule has 3 amide bonds. The summed E-state index contributed by atoms with van der Waals surface area (Å²) in [6.07, 6.45) is -0.136. The number of amides is 3. The minimum Gasteiger partial charge on any atom is -0.497 e. The molecule has 0 saturated heterocycles. The van der Waals surface area contributed by atoms with Gasteiger partial charge in [-0.1, -0.05) is 17.3 Å². The molecule has 1 aromatic heterocycles. The van der Waals surface area contributed by atoms with Crippen LogP contribution < -0.4 is 15.4 Å². The average molecular weight is 473 g/mol. The lowest BCUT2D eigenvalue weighted by molar-refractivity contribution is -0.147. The molecule has 2 aromatic rings. The Morgan fingerprint density at radius 1 is 1.06 bits per heavy atom. The first-order valence-corrected chi connectivity index (χ1v) is 11.2. The minimum absolute atomic E-state index is 0.0620. The Balaban J connectivity index is 2.31. The Morgan fingerprint density at radius 2 is 1.68 bits per heavy atom. The van der Waals surface area contributed by atoms with Gasteiger partial charge in [-0.25, -0.2) is 0 Å². The van der Waals surface area contributed by atoms with Crippen LogP contribution in [0.15, 0.2) is 34.9 Å². The molecular weight excluding hydrogens is 436 g/mol. The summed E-state index contributed by atoms with van der Waals surface area (Å²) < 4.78 is 10.2. The third-order valence-electron chi connectivity index (χ3n) is 4.89. The molecule has 9 nitrogen and oxygen atoms in total. The fraction of sp³-hybridized carbons (Fsp3) is 0.520. The van der Waals surface area contributed by atoms with Crippen LogP contribution in [0.25, 0.3) is 0 Å². The average Bonchev–Trinajstić information content (AvgIpc) is 3.12. The van der Waals surface area contributed by atoms with Gasteiger partial charge in [0, 0.05) is 30.0 Å². The SMILES string of the molecule is COc1ccc(C(C(=O)NC(C)(C)C)N(C(=O)CCC(=O)Nc2cc(C)on2)C(C)(C)C)cc1. The van der Waals surface area contributed by atoms with Crippen LogP contribution in [0.5, 0.6) is 5.75 Å². The quantitative estimate of drug-likeness (QED) is 0.600. The fourth-order valence-corrected chi connectivity index (χ4v) is 3.52. The van der Waals surface area contributed by atoms with E-state index in [1.165, 1.54) is 0 Å². The zero-order valence-electron chi connectivity index (χ0n) is 21.3. The van der Waals surface area contributed by atoms with Gasteiger partial charge < -0.3 is 24.8 Å². The number of ether oxygens (including phenoxy) is 1. The molecule has 186 valence electrons. The number of hydrogen-bond acceptors (Lipinski definition) is 6. The van der Waals surface area contributed by atoms with Gasteiger partial charge >= 0.3 is 0 Å². The predicted octanol–water partition coefficient (Wildman–Crippen LogP) is 3.99. The van der Waals surface area contributed by atoms with Gasteiger partial charge in [0.15, 0.2) is 5.82 Å². The zero-order chi connectivity index (χ0) is 25.7. The molecule has 0 spiro atoms. The van der Waals surface area contributed by atoms with E-state index in [1.807, 2.05) is 41.5 Å². The molecule has 1 atom stereocenters. The Hall–Kier alpha value is -3.36. The molecule has 0 radical (unpaired) electrons. The number of aryl methyl sites for hydroxylation is 1. The molecule has 2 rings (SSSR count). The van der Waals surface area contributed by atoms with Crippen molar-refractivity contribution in [3.05, 3.63) is 41.7 Å². The fourth-order valence-electron chi connectivity index (χ4n) is 3.52. The van der Waals surface area contributed by atoms with E-state index in [0.29, 0.717) is 22.9 Å². The van der Waals surface area contributed by atoms with Crippen molar-refractivity contribution in [2.24, 2.45) is 0 Å². The van der Waals surface area contributed by atoms with Crippen molar-refractivity contribution in [2.75, 3.05) is 12.4 Å². The van der Waals surface area contributed by atoms with E-state index in [9.17, 15) is 14.4 Å². The maximum Gasteiger partial charge on any atom is 0.247 e. The minimum atomic E-state index is -0.890. The van der Waals surface area contributed by atoms with E-state index in [0.717, 1.165) is 0 Å². The van der Waals surface area contributed by atoms with E-state index < -0.39 is 17.1 Å². The first kappa shape index (κ1) is 26.9. The van der Waals surface area contributed by atoms with Crippen molar-refractivity contribution in [1.82, 2.24) is 15.4 Å². The summed E-state index contributed by atoms with van der Waals surface area (Å²) in [6, 6.07) is 7.77. The highest BCUT2D eigenvalue weighted by atomic mass is 16.5. The van der Waals surface area contributed by atoms with Crippen LogP contribution in [0.2, 0.25) is 0 Å². The Morgan fingerprint density at radius 3 is 2.15 bits per heavy atom. The van der Waals surface area contributed by atoms with Crippen molar-refractivity contribution in [2.45, 2.75) is 78.4 Å². The van der Waals surface area contributed by atoms with E-state index >= 15 is 0 Å². The van der Waals surface area contributed by atoms with Crippen LogP contribution in [0.4, 0.5) is 5.82 Å². The normalized spacial score (nSPS) is 12.6. The third-order valence-corrected chi connectivity index (χ3v) is 4.89. The number of nitrogens with one attached hydrogen (secondary N) is 2. The van der Waals surface area contributed by atoms with E-state index in [1.54, 1.807) is 49.3 Å². The highest BCUT2D eigenvalue weighted by Gasteiger charge is 2.39. The molecule has 1 aromatic carbocycles. The molecule has 9 heteroatoms. The largest absolute Gasteiger partial charge is 0.497 e. The molecular formula is C25H36N4O5. The van der Waals surface area contributed by atoms with Gasteiger partial charge in [-0.15, -0.1) is 0 Å². The van der Waals surface area contributed by atoms with Crippen molar-refractivity contribution in [3.63, 3.8) is 0 Å². The second-order valence-electron chi connectivity index (χ2n) is 10.2. The summed E-state index contributed by atoms with van der Waals surface area (Å²) in [4.78, 5) is 40.8. The van der Waals surface area contributed by atoms with Crippen molar-refractivity contribution in [1.29, 1.82) is 0 Å². The highest BCUT2D eigenvalue weighted by Crippen LogP contribution is 2.31. The number of methoxy groups -OCH3 is 1. The van der Waals surface area contributed by atoms with Crippen molar-refractivity contribution >= 4 is 23.5 Å². The number of hydrogen-bond donors (Lipinski definition) is 2. The molecule has 34 heavy (non-hydrogen) atoms. The van der Waals surface area contributed by atoms with Gasteiger partial charge in [0.1, 0.15) is 17.6 Å². The summed E-state index contributed by atoms with van der Waals surface area (Å²) in [5, 5.41) is 9.34. The molecule has 2 N–H and O–H groups in total. The van der Waals surface area contributed by atoms with Crippen molar-refractivity contribution < 1.29 is 23.6 Å². The van der Waals surface area contributed by atoms with Crippen LogP contribution >= 0.6 is 0 Å². The lowest BCUT2D eigenvalue weighted by Crippen LogP contribution is -2.54. The zero-order valence-corrected chi connectivity index (χ0v) is 21.3. The third kappa shape index (κ3) is 7.60. The molecule has 0 fully saturated rings. The second-order valence-corrected chi connectivity index (χ2v) is 10.2. The van der Waals surface area contributed by atoms with E-state index in [2.05, 4.69) is 15.8 Å². The van der Waals surface area contributed by atoms with Crippen molar-refractivity contribution in [3.8, 4) is 5.75 Å². The Labute approximate surface area is 201 Å². The van der Waals surface area contributed by atoms with Crippen LogP contribution in [0, 0.1) is 6.92 Å². The number of anilines is 1. The molecule has 0 bridgehead atoms. The van der Waals surface area contributed by atoms with E-state index in [-0.39, 0.29) is 30.6 Å². The lowest BCUT2D eigenvalue weighted by atomic mass is 9.95. The summed E-state index contributed by atoms with van der Waals surface area (Å²) >= 11 is 0. The first-order valence-electron chi connectivity index (χ1n) is 11.2. The van der Waals surface area contributed by atoms with Crippen LogP contribution in [0.1, 0.15) is 71.7 Å². The van der Waals surface area contributed by atoms with Gasteiger partial charge in [-0.2, -0.15) is 0 Å². The number of rotatable bonds is 8. The maximum atomic E-state index is 13.5. The molecule has 0 saturated carbocycles. The summed E-state index contributed by atoms with van der Waals surface area (Å²) in [6.45, 7) is 13.0. The first-order chi connectivity index (χ1) is 15.7. The van der Waals surface area contributed by atoms with E-state index in [4.69, 9.17) is 9.26 Å². The smallest absolute Gasteiger partial charge is 0.247 e. The monoisotopic (exact) mass is 472 g/mol. The van der Waals surface area contributed by atoms with Gasteiger partial charge in [-0.3, -0.25) is 14.4 Å². The summed E-state index contributed by atoms with van der Waals surface area (Å²) in [5.41, 5.74) is -0.547. The Bertz CT molecular complexity index is 1000. The Kier molecular flexibility index (Phi) is 8.47. The van der Waals surface area contributed by atoms with Crippen LogP contribution in [-0.4, -0.2) is 46.0 Å². The second kappa shape index (κ2) is 10.7. The summed E-state index contributed by atoms with van der Waals surface area (Å²) in [5.74, 6) is 0.524. The van der Waals surface area contributed by atoms with Gasteiger partial charge in [0.2, 0.25) is 17.7 Å². The lowest BCUT2D eigenvalue weighted by Gasteiger charge is -2.42. The van der Waals surface area contributed by atoms with Crippen LogP contribution in [0.3, 0.4) is 0 Å².